The summed E-state index contributed by atoms with van der Waals surface area (Å²) in [7, 11) is 2.29. The molecule has 0 radical (unpaired) electrons. The van der Waals surface area contributed by atoms with E-state index in [4.69, 9.17) is 5.26 Å². The van der Waals surface area contributed by atoms with Gasteiger partial charge in [-0.25, -0.2) is 5.26 Å². The Kier molecular flexibility index (Phi) is 9.38. The molecule has 0 aromatic heterocycles. The number of hydrogen-bond acceptors (Lipinski definition) is 2. The summed E-state index contributed by atoms with van der Waals surface area (Å²) in [6, 6.07) is 0. The van der Waals surface area contributed by atoms with Crippen LogP contribution in [0.1, 0.15) is 20.8 Å². The number of nitriles is 1. The molecule has 0 saturated carbocycles. The van der Waals surface area contributed by atoms with Gasteiger partial charge in [0.15, 0.2) is 0 Å². The molecule has 0 spiro atoms. The summed E-state index contributed by atoms with van der Waals surface area (Å²) in [5.74, 6) is 0. The first kappa shape index (κ1) is 13.3. The van der Waals surface area contributed by atoms with Crippen molar-refractivity contribution in [2.45, 2.75) is 20.8 Å². The lowest BCUT2D eigenvalue weighted by Gasteiger charge is -2.30. The van der Waals surface area contributed by atoms with Gasteiger partial charge in [-0.05, 0) is 20.8 Å². The Bertz CT molecular complexity index is 105. The molecule has 0 unspecified atom stereocenters. The Hall–Kier alpha value is -0.330. The summed E-state index contributed by atoms with van der Waals surface area (Å²) in [5.41, 5.74) is 0. The molecule has 0 aliphatic heterocycles. The fourth-order valence-electron chi connectivity index (χ4n) is 0.671. The third kappa shape index (κ3) is 7.57. The van der Waals surface area contributed by atoms with Gasteiger partial charge in [-0.2, -0.15) is 0 Å². The standard InChI is InChI=1S/C7H18N.CHNS/c1-5-8(4,6-2)7-3;2-1-3/h5-7H2,1-4H3;3H/q+1;/p-1. The van der Waals surface area contributed by atoms with Crippen molar-refractivity contribution >= 4 is 12.6 Å². The van der Waals surface area contributed by atoms with E-state index < -0.39 is 0 Å². The quantitative estimate of drug-likeness (QED) is 0.368. The van der Waals surface area contributed by atoms with Gasteiger partial charge < -0.3 is 17.1 Å². The van der Waals surface area contributed by atoms with Gasteiger partial charge in [-0.15, -0.1) is 0 Å². The molecule has 0 N–H and O–H groups in total. The predicted octanol–water partition coefficient (Wildman–Crippen LogP) is 1.51. The highest BCUT2D eigenvalue weighted by Crippen LogP contribution is 1.97. The molecule has 0 heterocycles. The summed E-state index contributed by atoms with van der Waals surface area (Å²) < 4.78 is 1.21. The fraction of sp³-hybridized carbons (Fsp3) is 0.875. The van der Waals surface area contributed by atoms with Crippen LogP contribution in [0, 0.1) is 10.7 Å². The van der Waals surface area contributed by atoms with E-state index in [1.165, 1.54) is 29.5 Å². The summed E-state index contributed by atoms with van der Waals surface area (Å²) in [5, 5.41) is 8.47. The van der Waals surface area contributed by atoms with Crippen LogP contribution in [0.4, 0.5) is 0 Å². The largest absolute Gasteiger partial charge is 0.696 e. The van der Waals surface area contributed by atoms with Gasteiger partial charge in [0, 0.05) is 0 Å². The molecular weight excluding hydrogens is 156 g/mol. The molecule has 0 rings (SSSR count). The van der Waals surface area contributed by atoms with Crippen LogP contribution in [0.15, 0.2) is 0 Å². The molecule has 3 heteroatoms. The van der Waals surface area contributed by atoms with Gasteiger partial charge in [0.1, 0.15) is 0 Å². The molecule has 0 amide bonds. The van der Waals surface area contributed by atoms with E-state index in [-0.39, 0.29) is 0 Å². The van der Waals surface area contributed by atoms with E-state index in [9.17, 15) is 0 Å². The Labute approximate surface area is 75.8 Å². The first-order chi connectivity index (χ1) is 5.10. The molecule has 66 valence electrons. The molecule has 0 saturated heterocycles. The number of nitrogens with zero attached hydrogens (tertiary/aromatic N) is 2. The number of rotatable bonds is 3. The second-order valence-corrected chi connectivity index (χ2v) is 2.84. The lowest BCUT2D eigenvalue weighted by molar-refractivity contribution is -0.904. The lowest BCUT2D eigenvalue weighted by Crippen LogP contribution is -2.42. The van der Waals surface area contributed by atoms with Crippen molar-refractivity contribution in [3.05, 3.63) is 0 Å². The van der Waals surface area contributed by atoms with Crippen molar-refractivity contribution in [2.24, 2.45) is 0 Å². The van der Waals surface area contributed by atoms with Gasteiger partial charge >= 0.3 is 0 Å². The topological polar surface area (TPSA) is 23.8 Å². The van der Waals surface area contributed by atoms with Crippen LogP contribution < -0.4 is 0 Å². The van der Waals surface area contributed by atoms with Crippen molar-refractivity contribution in [1.82, 2.24) is 0 Å². The summed E-state index contributed by atoms with van der Waals surface area (Å²) >= 11 is 3.70. The van der Waals surface area contributed by atoms with Crippen LogP contribution in [-0.2, 0) is 12.6 Å². The van der Waals surface area contributed by atoms with Crippen LogP contribution >= 0.6 is 0 Å². The van der Waals surface area contributed by atoms with Gasteiger partial charge in [0.25, 0.3) is 0 Å². The van der Waals surface area contributed by atoms with Crippen LogP contribution in [0.3, 0.4) is 0 Å². The first-order valence-electron chi connectivity index (χ1n) is 3.94. The molecule has 2 nitrogen and oxygen atoms in total. The molecule has 0 bridgehead atoms. The van der Waals surface area contributed by atoms with E-state index in [1.807, 2.05) is 0 Å². The normalized spacial score (nSPS) is 9.36. The SMILES string of the molecule is CC[N+](C)(CC)CC.N#C[S-]. The average molecular weight is 174 g/mol. The van der Waals surface area contributed by atoms with Crippen molar-refractivity contribution in [2.75, 3.05) is 26.7 Å². The van der Waals surface area contributed by atoms with E-state index in [2.05, 4.69) is 40.4 Å². The number of thiocyanates is 1. The first-order valence-corrected chi connectivity index (χ1v) is 4.35. The van der Waals surface area contributed by atoms with Gasteiger partial charge in [-0.1, -0.05) is 5.40 Å². The zero-order valence-electron chi connectivity index (χ0n) is 7.92. The molecule has 0 aromatic rings. The zero-order valence-corrected chi connectivity index (χ0v) is 8.74. The minimum atomic E-state index is 1.21. The number of hydrogen-bond donors (Lipinski definition) is 0. The van der Waals surface area contributed by atoms with Crippen LogP contribution in [-0.4, -0.2) is 31.2 Å². The van der Waals surface area contributed by atoms with Crippen molar-refractivity contribution in [3.8, 4) is 5.40 Å². The second-order valence-electron chi connectivity index (χ2n) is 2.66. The highest BCUT2D eigenvalue weighted by Gasteiger charge is 2.10. The third-order valence-corrected chi connectivity index (χ3v) is 2.29. The Balaban J connectivity index is 0. The molecule has 0 atom stereocenters. The highest BCUT2D eigenvalue weighted by molar-refractivity contribution is 7.64. The Morgan fingerprint density at radius 3 is 1.36 bits per heavy atom. The maximum Gasteiger partial charge on any atom is 0.0755 e. The van der Waals surface area contributed by atoms with Gasteiger partial charge in [0.2, 0.25) is 0 Å². The maximum atomic E-state index is 7.13. The average Bonchev–Trinajstić information content (AvgIpc) is 2.05. The van der Waals surface area contributed by atoms with E-state index in [0.29, 0.717) is 0 Å². The summed E-state index contributed by atoms with van der Waals surface area (Å²) in [4.78, 5) is 0. The zero-order chi connectivity index (χ0) is 9.33. The predicted molar refractivity (Wildman–Crippen MR) is 50.8 cm³/mol. The van der Waals surface area contributed by atoms with E-state index in [0.717, 1.165) is 0 Å². The number of quaternary nitrogens is 1. The summed E-state index contributed by atoms with van der Waals surface area (Å²) in [6.07, 6.45) is 0. The maximum absolute atomic E-state index is 7.13. The Morgan fingerprint density at radius 2 is 1.36 bits per heavy atom. The Morgan fingerprint density at radius 1 is 1.18 bits per heavy atom. The molecular formula is C8H18N2S. The van der Waals surface area contributed by atoms with Crippen LogP contribution in [0.25, 0.3) is 0 Å². The van der Waals surface area contributed by atoms with Crippen molar-refractivity contribution < 1.29 is 4.48 Å². The molecule has 0 fully saturated rings. The second kappa shape index (κ2) is 7.77. The molecule has 0 aromatic carbocycles. The van der Waals surface area contributed by atoms with Crippen molar-refractivity contribution in [1.29, 1.82) is 5.26 Å². The molecule has 0 aliphatic rings. The minimum Gasteiger partial charge on any atom is -0.696 e. The van der Waals surface area contributed by atoms with Gasteiger partial charge in [0.05, 0.1) is 26.7 Å². The van der Waals surface area contributed by atoms with E-state index >= 15 is 0 Å². The molecule has 0 aliphatic carbocycles. The van der Waals surface area contributed by atoms with Crippen LogP contribution in [0.2, 0.25) is 0 Å². The third-order valence-electron chi connectivity index (χ3n) is 2.29. The highest BCUT2D eigenvalue weighted by atomic mass is 32.1. The summed E-state index contributed by atoms with van der Waals surface area (Å²) in [6.45, 7) is 10.5. The van der Waals surface area contributed by atoms with E-state index in [1.54, 1.807) is 0 Å². The monoisotopic (exact) mass is 174 g/mol. The van der Waals surface area contributed by atoms with Gasteiger partial charge in [-0.3, -0.25) is 0 Å². The van der Waals surface area contributed by atoms with Crippen molar-refractivity contribution in [3.63, 3.8) is 0 Å². The van der Waals surface area contributed by atoms with Crippen LogP contribution in [0.5, 0.6) is 0 Å². The lowest BCUT2D eigenvalue weighted by atomic mass is 10.4. The minimum absolute atomic E-state index is 1.21. The molecule has 11 heavy (non-hydrogen) atoms. The smallest absolute Gasteiger partial charge is 0.0755 e. The fourth-order valence-corrected chi connectivity index (χ4v) is 0.671.